The van der Waals surface area contributed by atoms with Gasteiger partial charge in [0.2, 0.25) is 0 Å². The molecule has 0 N–H and O–H groups in total. The molecule has 0 saturated carbocycles. The first-order valence-electron chi connectivity index (χ1n) is 11.8. The number of imidazole rings is 1. The zero-order chi connectivity index (χ0) is 23.2. The minimum Gasteiger partial charge on any atom is -0.283 e. The van der Waals surface area contributed by atoms with Crippen LogP contribution in [0, 0.1) is 0 Å². The van der Waals surface area contributed by atoms with Gasteiger partial charge in [0.25, 0.3) is 0 Å². The number of hydrogen-bond acceptors (Lipinski definition) is 2. The van der Waals surface area contributed by atoms with Crippen LogP contribution in [0.1, 0.15) is 0 Å². The number of thiazole rings is 1. The number of nitrogens with zero attached hydrogens (tertiary/aromatic N) is 2. The zero-order valence-corrected chi connectivity index (χ0v) is 20.8. The Bertz CT molecular complexity index is 1690. The highest BCUT2D eigenvalue weighted by atomic mass is 32.1. The molecule has 0 unspecified atom stereocenters. The summed E-state index contributed by atoms with van der Waals surface area (Å²) in [6.45, 7) is 0. The maximum atomic E-state index is 4.99. The van der Waals surface area contributed by atoms with Gasteiger partial charge in [-0.3, -0.25) is 4.40 Å². The smallest absolute Gasteiger partial charge is 0.195 e. The minimum absolute atomic E-state index is 1.04. The van der Waals surface area contributed by atoms with E-state index in [0.717, 1.165) is 10.5 Å². The molecule has 0 bridgehead atoms. The van der Waals surface area contributed by atoms with Crippen molar-refractivity contribution in [3.8, 4) is 0 Å². The van der Waals surface area contributed by atoms with Gasteiger partial charge < -0.3 is 0 Å². The monoisotopic (exact) mass is 482 g/mol. The van der Waals surface area contributed by atoms with Crippen LogP contribution in [0.3, 0.4) is 0 Å². The molecule has 0 aliphatic heterocycles. The lowest BCUT2D eigenvalue weighted by Gasteiger charge is -2.34. The summed E-state index contributed by atoms with van der Waals surface area (Å²) in [5.74, 6) is 0. The zero-order valence-electron chi connectivity index (χ0n) is 19.0. The van der Waals surface area contributed by atoms with Gasteiger partial charge in [-0.25, -0.2) is 4.98 Å². The Kier molecular flexibility index (Phi) is 4.69. The second-order valence-corrected chi connectivity index (χ2v) is 13.7. The standard InChI is InChI=1S/C31H22N2SSi/c1-4-12-23(13-5-1)35(24-14-6-2-7-15-24,25-16-8-3-9-17-25)26-20-21-27-29(22-26)33-28-18-10-11-19-30(28)34-31(33)32-27/h1-22H. The number of hydrogen-bond donors (Lipinski definition) is 0. The summed E-state index contributed by atoms with van der Waals surface area (Å²) in [6.07, 6.45) is 0. The molecule has 35 heavy (non-hydrogen) atoms. The summed E-state index contributed by atoms with van der Waals surface area (Å²) in [5.41, 5.74) is 3.44. The molecule has 0 fully saturated rings. The second-order valence-electron chi connectivity index (χ2n) is 8.85. The van der Waals surface area contributed by atoms with Crippen molar-refractivity contribution in [1.29, 1.82) is 0 Å². The lowest BCUT2D eigenvalue weighted by Crippen LogP contribution is -2.74. The highest BCUT2D eigenvalue weighted by Gasteiger charge is 2.41. The highest BCUT2D eigenvalue weighted by Crippen LogP contribution is 2.30. The Balaban J connectivity index is 1.62. The molecule has 7 rings (SSSR count). The van der Waals surface area contributed by atoms with E-state index in [1.54, 1.807) is 11.3 Å². The molecule has 2 aromatic heterocycles. The first kappa shape index (κ1) is 20.4. The predicted octanol–water partition coefficient (Wildman–Crippen LogP) is 5.08. The van der Waals surface area contributed by atoms with Gasteiger partial charge in [0, 0.05) is 0 Å². The Morgan fingerprint density at radius 2 is 1.06 bits per heavy atom. The third-order valence-electron chi connectivity index (χ3n) is 6.98. The van der Waals surface area contributed by atoms with Crippen molar-refractivity contribution in [1.82, 2.24) is 9.38 Å². The molecule has 0 atom stereocenters. The number of para-hydroxylation sites is 1. The van der Waals surface area contributed by atoms with E-state index in [0.29, 0.717) is 0 Å². The molecule has 0 amide bonds. The van der Waals surface area contributed by atoms with Gasteiger partial charge in [-0.2, -0.15) is 0 Å². The molecular formula is C31H22N2SSi. The fourth-order valence-corrected chi connectivity index (χ4v) is 11.3. The van der Waals surface area contributed by atoms with Gasteiger partial charge in [-0.1, -0.05) is 121 Å². The molecule has 0 aliphatic carbocycles. The first-order chi connectivity index (χ1) is 17.4. The quantitative estimate of drug-likeness (QED) is 0.253. The molecule has 0 radical (unpaired) electrons. The first-order valence-corrected chi connectivity index (χ1v) is 14.6. The Morgan fingerprint density at radius 1 is 0.514 bits per heavy atom. The van der Waals surface area contributed by atoms with E-state index >= 15 is 0 Å². The van der Waals surface area contributed by atoms with Crippen molar-refractivity contribution < 1.29 is 0 Å². The lowest BCUT2D eigenvalue weighted by molar-refractivity contribution is 1.35. The summed E-state index contributed by atoms with van der Waals surface area (Å²) in [6, 6.07) is 48.8. The molecular weight excluding hydrogens is 461 g/mol. The van der Waals surface area contributed by atoms with E-state index in [2.05, 4.69) is 138 Å². The van der Waals surface area contributed by atoms with Crippen LogP contribution < -0.4 is 20.7 Å². The van der Waals surface area contributed by atoms with E-state index in [1.165, 1.54) is 36.5 Å². The average Bonchev–Trinajstić information content (AvgIpc) is 3.47. The molecule has 7 aromatic rings. The highest BCUT2D eigenvalue weighted by molar-refractivity contribution is 7.23. The van der Waals surface area contributed by atoms with Crippen LogP contribution in [0.5, 0.6) is 0 Å². The topological polar surface area (TPSA) is 17.3 Å². The van der Waals surface area contributed by atoms with Crippen molar-refractivity contribution in [3.63, 3.8) is 0 Å². The molecule has 0 spiro atoms. The van der Waals surface area contributed by atoms with Crippen LogP contribution >= 0.6 is 11.3 Å². The Morgan fingerprint density at radius 3 is 1.66 bits per heavy atom. The number of fused-ring (bicyclic) bond motifs is 5. The Hall–Kier alpha value is -3.99. The summed E-state index contributed by atoms with van der Waals surface area (Å²) >= 11 is 1.75. The van der Waals surface area contributed by atoms with Gasteiger partial charge in [-0.15, -0.1) is 0 Å². The van der Waals surface area contributed by atoms with E-state index in [9.17, 15) is 0 Å². The molecule has 0 saturated heterocycles. The van der Waals surface area contributed by atoms with Crippen molar-refractivity contribution in [3.05, 3.63) is 133 Å². The Labute approximate surface area is 208 Å². The van der Waals surface area contributed by atoms with E-state index in [4.69, 9.17) is 4.98 Å². The molecule has 5 aromatic carbocycles. The maximum Gasteiger partial charge on any atom is 0.195 e. The van der Waals surface area contributed by atoms with Gasteiger partial charge in [0.1, 0.15) is 0 Å². The lowest BCUT2D eigenvalue weighted by atomic mass is 10.3. The van der Waals surface area contributed by atoms with Crippen molar-refractivity contribution in [2.75, 3.05) is 0 Å². The van der Waals surface area contributed by atoms with E-state index < -0.39 is 8.07 Å². The predicted molar refractivity (Wildman–Crippen MR) is 152 cm³/mol. The van der Waals surface area contributed by atoms with Crippen LogP contribution in [0.15, 0.2) is 133 Å². The molecule has 2 heterocycles. The fourth-order valence-electron chi connectivity index (χ4n) is 5.48. The van der Waals surface area contributed by atoms with Crippen LogP contribution in [0.2, 0.25) is 0 Å². The third-order valence-corrected chi connectivity index (χ3v) is 12.8. The summed E-state index contributed by atoms with van der Waals surface area (Å²) in [7, 11) is -2.56. The van der Waals surface area contributed by atoms with E-state index in [1.807, 2.05) is 0 Å². The molecule has 2 nitrogen and oxygen atoms in total. The van der Waals surface area contributed by atoms with E-state index in [-0.39, 0.29) is 0 Å². The summed E-state index contributed by atoms with van der Waals surface area (Å²) in [4.78, 5) is 6.04. The van der Waals surface area contributed by atoms with Crippen molar-refractivity contribution >= 4 is 66.4 Å². The normalized spacial score (nSPS) is 12.0. The van der Waals surface area contributed by atoms with Crippen LogP contribution in [-0.4, -0.2) is 17.5 Å². The van der Waals surface area contributed by atoms with Gasteiger partial charge in [0.05, 0.1) is 21.3 Å². The average molecular weight is 483 g/mol. The van der Waals surface area contributed by atoms with Crippen LogP contribution in [0.4, 0.5) is 0 Å². The van der Waals surface area contributed by atoms with Crippen molar-refractivity contribution in [2.24, 2.45) is 0 Å². The summed E-state index contributed by atoms with van der Waals surface area (Å²) < 4.78 is 3.60. The number of benzene rings is 5. The maximum absolute atomic E-state index is 4.99. The molecule has 0 aliphatic rings. The van der Waals surface area contributed by atoms with Crippen molar-refractivity contribution in [2.45, 2.75) is 0 Å². The second kappa shape index (κ2) is 8.05. The summed E-state index contributed by atoms with van der Waals surface area (Å²) in [5, 5.41) is 5.51. The molecule has 166 valence electrons. The third kappa shape index (κ3) is 3.04. The number of aromatic nitrogens is 2. The molecule has 4 heteroatoms. The number of rotatable bonds is 4. The van der Waals surface area contributed by atoms with Crippen LogP contribution in [0.25, 0.3) is 26.2 Å². The minimum atomic E-state index is -2.56. The van der Waals surface area contributed by atoms with Gasteiger partial charge in [-0.05, 0) is 45.0 Å². The SMILES string of the molecule is c1ccc([Si](c2ccccc2)(c2ccccc2)c2ccc3nc4sc5ccccc5n4c3c2)cc1. The largest absolute Gasteiger partial charge is 0.283 e. The van der Waals surface area contributed by atoms with Gasteiger partial charge >= 0.3 is 0 Å². The van der Waals surface area contributed by atoms with Gasteiger partial charge in [0.15, 0.2) is 13.0 Å². The fraction of sp³-hybridized carbons (Fsp3) is 0. The van der Waals surface area contributed by atoms with Crippen LogP contribution in [-0.2, 0) is 0 Å².